The SMILES string of the molecule is CCCCCCc1ccc(S(=O)(=O)NCCCCCCNCc2c(O)cc3c(c2O)-c2cc(ccc2O)[C@H]2NC(=O)[C@@H]4NC(=O)[C@H](CC(N)=O)NC(=O)[C@H](NC(=O)[C@@H](CC(C)C)NC)[C@H](O)c5ccc(c(C)c5)Oc5cc4cc(c5O[C@@H]4O[C@H](CO)[C@@H](O)[C@H](O)[C@H]4O[C@H]4C[C@](C)(NC(N)=O)[C@H](OC(N)=O)[C@H](C)O4)Oc4ccc(cc4Cl)[C@@H](O)[C@H](NC2=O)C(=O)N[C@@H]3C(=O)O)cc1. The Morgan fingerprint density at radius 1 is 0.695 bits per heavy atom. The molecule has 0 aliphatic carbocycles. The van der Waals surface area contributed by atoms with Gasteiger partial charge < -0.3 is 144 Å². The van der Waals surface area contributed by atoms with Gasteiger partial charge in [0.05, 0.1) is 46.2 Å². The minimum Gasteiger partial charge on any atom is -0.507 e. The van der Waals surface area contributed by atoms with E-state index in [4.69, 9.17) is 62.0 Å². The van der Waals surface area contributed by atoms with Gasteiger partial charge in [0.2, 0.25) is 63.4 Å². The quantitative estimate of drug-likeness (QED) is 0.0278. The van der Waals surface area contributed by atoms with Gasteiger partial charge in [-0.25, -0.2) is 27.5 Å². The highest BCUT2D eigenvalue weighted by molar-refractivity contribution is 7.89. The van der Waals surface area contributed by atoms with Gasteiger partial charge in [-0.2, -0.15) is 0 Å². The molecule has 6 aromatic carbocycles. The summed E-state index contributed by atoms with van der Waals surface area (Å²) in [5, 5.41) is 130. The maximum absolute atomic E-state index is 16.5. The molecule has 0 saturated carbocycles. The average Bonchev–Trinajstić information content (AvgIpc) is 0.760. The number of carbonyl (C=O) groups excluding carboxylic acids is 9. The number of sulfonamides is 1. The third-order valence-electron chi connectivity index (χ3n) is 23.3. The topological polar surface area (TPSA) is 650 Å². The number of unbranched alkanes of at least 4 members (excludes halogenated alkanes) is 6. The van der Waals surface area contributed by atoms with Crippen molar-refractivity contribution in [1.82, 2.24) is 52.6 Å². The predicted octanol–water partition coefficient (Wildman–Crippen LogP) is 3.33. The molecule has 6 aromatic rings. The third-order valence-corrected chi connectivity index (χ3v) is 25.1. The number of aliphatic carboxylic acids is 1. The van der Waals surface area contributed by atoms with Crippen LogP contribution in [-0.2, 0) is 80.3 Å². The van der Waals surface area contributed by atoms with Crippen molar-refractivity contribution in [3.05, 3.63) is 147 Å². The van der Waals surface area contributed by atoms with E-state index in [-0.39, 0.29) is 64.9 Å². The van der Waals surface area contributed by atoms with Crippen LogP contribution >= 0.6 is 11.6 Å². The van der Waals surface area contributed by atoms with Crippen LogP contribution < -0.4 is 84.0 Å². The maximum Gasteiger partial charge on any atom is 0.404 e. The molecule has 2 fully saturated rings. The second-order valence-corrected chi connectivity index (χ2v) is 35.7. The fourth-order valence-corrected chi connectivity index (χ4v) is 17.8. The van der Waals surface area contributed by atoms with Gasteiger partial charge in [0.1, 0.15) is 89.5 Å². The number of carboxylic acid groups (broad SMARTS) is 1. The highest BCUT2D eigenvalue weighted by Crippen LogP contribution is 2.51. The van der Waals surface area contributed by atoms with Gasteiger partial charge in [-0.1, -0.05) is 94.8 Å². The summed E-state index contributed by atoms with van der Waals surface area (Å²) in [6.07, 6.45) is -14.2. The van der Waals surface area contributed by atoms with Crippen LogP contribution in [0, 0.1) is 12.8 Å². The van der Waals surface area contributed by atoms with E-state index in [1.807, 2.05) is 26.0 Å². The van der Waals surface area contributed by atoms with Crippen molar-refractivity contribution in [2.45, 2.75) is 239 Å². The number of amides is 10. The van der Waals surface area contributed by atoms with Crippen molar-refractivity contribution in [3.8, 4) is 57.1 Å². The van der Waals surface area contributed by atoms with Crippen molar-refractivity contribution >= 4 is 81.1 Å². The molecule has 7 aliphatic heterocycles. The Balaban J connectivity index is 1.04. The standard InChI is InChI=1S/C88H112ClN13O28S/c1-8-9-10-13-16-43-17-22-48(23-18-43)131(122,123)95-28-15-12-11-14-27-94-38-51-56(105)35-50-64(72(51)109)49-31-44(19-24-55(49)104)65-80(114)101-69(83(117)99-67(50)84(118)119)71(108)46-21-26-58(52(89)32-46)126-60-34-47-33-59(75(60)129-85-76(74(111)73(110)61(39-103)127-85)128-63-37-88(6,102-86(91)120)77(42(5)124-63)130-87(92)121)125-57-25-20-45(30-41(57)4)70(107)68(100-78(112)53(93-7)29-40(2)3)82(116)96-54(36-62(90)106)79(113)97-66(47)81(115)98-65/h17-26,30-35,40,42,53-54,61,63,65-71,73-74,76-77,85,93-95,103-105,107-111H,8-16,27-29,36-39H2,1-7H3,(H2,90,106)(H2,92,121)(H,96,116)(H,97,113)(H,98,115)(H,99,117)(H,100,112)(H,101,114)(H,118,119)(H3,91,102,120)/t42-,53+,54-,61+,63-,65+,66+,67-,68+,69-,70+,71+,73+,74-,76+,77+,85-,88-/m0/s1. The number of aryl methyl sites for hydroxylation is 2. The zero-order chi connectivity index (χ0) is 95.4. The lowest BCUT2D eigenvalue weighted by Crippen LogP contribution is -2.67. The molecule has 710 valence electrons. The Labute approximate surface area is 758 Å². The highest BCUT2D eigenvalue weighted by Gasteiger charge is 2.54. The molecule has 131 heavy (non-hydrogen) atoms. The fraction of sp³-hybridized carbons (Fsp3) is 0.477. The number of hydrogen-bond donors (Lipinski definition) is 22. The van der Waals surface area contributed by atoms with Gasteiger partial charge in [0.15, 0.2) is 36.0 Å². The molecular weight excluding hydrogens is 1750 g/mol. The van der Waals surface area contributed by atoms with Crippen LogP contribution in [0.15, 0.2) is 102 Å². The lowest BCUT2D eigenvalue weighted by atomic mass is 9.85. The Morgan fingerprint density at radius 2 is 1.34 bits per heavy atom. The van der Waals surface area contributed by atoms with Crippen LogP contribution in [-0.4, -0.2) is 219 Å². The number of ether oxygens (including phenoxy) is 7. The molecular formula is C88H112ClN13O28S. The van der Waals surface area contributed by atoms with E-state index < -0.39 is 271 Å². The molecule has 11 bridgehead atoms. The summed E-state index contributed by atoms with van der Waals surface area (Å²) >= 11 is 7.19. The van der Waals surface area contributed by atoms with E-state index >= 15 is 24.0 Å². The summed E-state index contributed by atoms with van der Waals surface area (Å²) in [4.78, 5) is 145. The summed E-state index contributed by atoms with van der Waals surface area (Å²) in [5.74, 6) is -16.2. The third kappa shape index (κ3) is 23.9. The average molecular weight is 1870 g/mol. The van der Waals surface area contributed by atoms with Crippen LogP contribution in [0.4, 0.5) is 9.59 Å². The second kappa shape index (κ2) is 43.5. The number of nitrogens with one attached hydrogen (secondary N) is 10. The summed E-state index contributed by atoms with van der Waals surface area (Å²) in [6.45, 7) is 8.98. The number of urea groups is 1. The van der Waals surface area contributed by atoms with Gasteiger partial charge in [0, 0.05) is 36.2 Å². The first-order valence-electron chi connectivity index (χ1n) is 42.8. The van der Waals surface area contributed by atoms with Crippen LogP contribution in [0.25, 0.3) is 11.1 Å². The lowest BCUT2D eigenvalue weighted by molar-refractivity contribution is -0.334. The van der Waals surface area contributed by atoms with E-state index in [2.05, 4.69) is 59.5 Å². The van der Waals surface area contributed by atoms with Crippen LogP contribution in [0.1, 0.15) is 180 Å². The van der Waals surface area contributed by atoms with Crippen molar-refractivity contribution in [2.75, 3.05) is 26.7 Å². The number of aliphatic hydroxyl groups excluding tert-OH is 5. The van der Waals surface area contributed by atoms with E-state index in [0.29, 0.717) is 25.7 Å². The summed E-state index contributed by atoms with van der Waals surface area (Å²) in [5.41, 5.74) is 13.1. The first-order chi connectivity index (χ1) is 62.1. The number of phenols is 3. The molecule has 43 heteroatoms. The van der Waals surface area contributed by atoms with Crippen molar-refractivity contribution < 1.29 is 135 Å². The van der Waals surface area contributed by atoms with Crippen LogP contribution in [0.3, 0.4) is 0 Å². The number of benzene rings is 6. The van der Waals surface area contributed by atoms with Crippen molar-refractivity contribution in [3.63, 3.8) is 0 Å². The predicted molar refractivity (Wildman–Crippen MR) is 466 cm³/mol. The van der Waals surface area contributed by atoms with Crippen LogP contribution in [0.2, 0.25) is 5.02 Å². The molecule has 25 N–H and O–H groups in total. The van der Waals surface area contributed by atoms with Gasteiger partial charge >= 0.3 is 18.1 Å². The number of rotatable bonds is 31. The molecule has 10 amide bonds. The van der Waals surface area contributed by atoms with E-state index in [9.17, 15) is 78.3 Å². The zero-order valence-electron chi connectivity index (χ0n) is 72.7. The van der Waals surface area contributed by atoms with Gasteiger partial charge in [-0.3, -0.25) is 33.6 Å². The van der Waals surface area contributed by atoms with Gasteiger partial charge in [-0.05, 0) is 172 Å². The summed E-state index contributed by atoms with van der Waals surface area (Å²) < 4.78 is 73.6. The first-order valence-corrected chi connectivity index (χ1v) is 44.6. The Morgan fingerprint density at radius 3 is 1.97 bits per heavy atom. The molecule has 18 atom stereocenters. The molecule has 2 saturated heterocycles. The largest absolute Gasteiger partial charge is 0.507 e. The number of likely N-dealkylation sites (N-methyl/N-ethyl adjacent to an activating group) is 1. The minimum atomic E-state index is -3.81. The van der Waals surface area contributed by atoms with Gasteiger partial charge in [-0.15, -0.1) is 0 Å². The summed E-state index contributed by atoms with van der Waals surface area (Å²) in [7, 11) is -2.33. The monoisotopic (exact) mass is 1870 g/mol. The van der Waals surface area contributed by atoms with E-state index in [1.165, 1.54) is 46.0 Å². The number of aromatic hydroxyl groups is 3. The number of primary amides is 3. The maximum atomic E-state index is 16.5. The van der Waals surface area contributed by atoms with Crippen molar-refractivity contribution in [1.29, 1.82) is 0 Å². The molecule has 0 radical (unpaired) electrons. The number of nitrogens with two attached hydrogens (primary N) is 3. The fourth-order valence-electron chi connectivity index (χ4n) is 16.5. The molecule has 0 aromatic heterocycles. The normalized spacial score (nSPS) is 25.4. The number of carboxylic acids is 1. The number of hydrogen-bond acceptors (Lipinski definition) is 29. The Hall–Kier alpha value is -11.8. The second-order valence-electron chi connectivity index (χ2n) is 33.6. The number of phenolic OH excluding ortho intramolecular Hbond substituents is 3. The van der Waals surface area contributed by atoms with Gasteiger partial charge in [0.25, 0.3) is 0 Å². The minimum absolute atomic E-state index is 0.0767. The molecule has 41 nitrogen and oxygen atoms in total. The highest BCUT2D eigenvalue weighted by atomic mass is 35.5. The number of carbonyl (C=O) groups is 10. The van der Waals surface area contributed by atoms with Crippen molar-refractivity contribution in [2.24, 2.45) is 23.1 Å². The number of halogens is 1. The first kappa shape index (κ1) is 99.8. The molecule has 0 spiro atoms. The van der Waals surface area contributed by atoms with E-state index in [1.54, 1.807) is 12.1 Å². The molecule has 0 unspecified atom stereocenters. The van der Waals surface area contributed by atoms with E-state index in [0.717, 1.165) is 92.3 Å². The molecule has 13 rings (SSSR count). The van der Waals surface area contributed by atoms with Crippen LogP contribution in [0.5, 0.6) is 46.0 Å². The zero-order valence-corrected chi connectivity index (χ0v) is 74.3. The smallest absolute Gasteiger partial charge is 0.404 e. The molecule has 7 heterocycles. The Kier molecular flexibility index (Phi) is 33.1. The molecule has 7 aliphatic rings. The lowest BCUT2D eigenvalue weighted by Gasteiger charge is -2.48. The number of fused-ring (bicyclic) bond motifs is 15. The number of aliphatic hydroxyl groups is 5. The Bertz CT molecular complexity index is 5350. The summed E-state index contributed by atoms with van der Waals surface area (Å²) in [6, 6.07) is 4.19.